The minimum absolute atomic E-state index is 0.0106. The summed E-state index contributed by atoms with van der Waals surface area (Å²) in [5.41, 5.74) is 5.86. The second-order valence-electron chi connectivity index (χ2n) is 9.93. The molecule has 2 unspecified atom stereocenters. The Kier molecular flexibility index (Phi) is 11.1. The Balaban J connectivity index is 2.41. The predicted molar refractivity (Wildman–Crippen MR) is 143 cm³/mol. The molecule has 0 heterocycles. The number of phenolic OH excluding ortho intramolecular Hbond substituents is 1. The molecule has 0 aliphatic rings. The summed E-state index contributed by atoms with van der Waals surface area (Å²) in [6, 6.07) is 13.1. The molecule has 10 nitrogen and oxygen atoms in total. The predicted octanol–water partition coefficient (Wildman–Crippen LogP) is 3.15. The van der Waals surface area contributed by atoms with E-state index < -0.39 is 41.5 Å². The first-order valence-electron chi connectivity index (χ1n) is 12.6. The summed E-state index contributed by atoms with van der Waals surface area (Å²) in [5.74, 6) is -1.62. The molecule has 0 spiro atoms. The minimum Gasteiger partial charge on any atom is -0.508 e. The quantitative estimate of drug-likeness (QED) is 0.334. The Labute approximate surface area is 223 Å². The monoisotopic (exact) mass is 526 g/mol. The first-order chi connectivity index (χ1) is 17.9. The van der Waals surface area contributed by atoms with Gasteiger partial charge in [0.1, 0.15) is 23.4 Å². The largest absolute Gasteiger partial charge is 0.508 e. The lowest BCUT2D eigenvalue weighted by molar-refractivity contribution is -0.142. The number of hydrogen-bond donors (Lipinski definition) is 4. The zero-order chi connectivity index (χ0) is 28.3. The minimum atomic E-state index is -1.16. The Morgan fingerprint density at radius 2 is 1.66 bits per heavy atom. The van der Waals surface area contributed by atoms with Gasteiger partial charge in [0.2, 0.25) is 17.7 Å². The van der Waals surface area contributed by atoms with E-state index >= 15 is 0 Å². The highest BCUT2D eigenvalue weighted by atomic mass is 16.6. The standard InChI is InChI=1S/C28H38N4O6/c1-5-17-32(26(36)22(15-16-23(29)34)31-27(37)38-28(2,3)4)24(20-11-13-21(33)14-12-20)25(35)30-18-19-9-7-6-8-10-19/h6-14,22,24,33H,5,15-18H2,1-4H3,(H2,29,34)(H,30,35)(H,31,37). The third-order valence-corrected chi connectivity index (χ3v) is 5.49. The number of primary amides is 1. The highest BCUT2D eigenvalue weighted by Crippen LogP contribution is 2.25. The number of nitrogens with two attached hydrogens (primary N) is 1. The second-order valence-corrected chi connectivity index (χ2v) is 9.93. The van der Waals surface area contributed by atoms with Gasteiger partial charge in [0.25, 0.3) is 0 Å². The van der Waals surface area contributed by atoms with E-state index in [1.165, 1.54) is 17.0 Å². The van der Waals surface area contributed by atoms with Crippen LogP contribution in [0, 0.1) is 0 Å². The molecule has 0 radical (unpaired) electrons. The molecule has 5 N–H and O–H groups in total. The van der Waals surface area contributed by atoms with Crippen molar-refractivity contribution < 1.29 is 29.0 Å². The maximum absolute atomic E-state index is 13.9. The van der Waals surface area contributed by atoms with Crippen LogP contribution in [0.4, 0.5) is 4.79 Å². The highest BCUT2D eigenvalue weighted by Gasteiger charge is 2.36. The molecule has 0 saturated heterocycles. The van der Waals surface area contributed by atoms with Gasteiger partial charge in [0.15, 0.2) is 0 Å². The Morgan fingerprint density at radius 3 is 2.21 bits per heavy atom. The van der Waals surface area contributed by atoms with Crippen LogP contribution in [0.15, 0.2) is 54.6 Å². The van der Waals surface area contributed by atoms with E-state index in [1.54, 1.807) is 32.9 Å². The maximum atomic E-state index is 13.9. The molecular weight excluding hydrogens is 488 g/mol. The van der Waals surface area contributed by atoms with Crippen LogP contribution in [0.2, 0.25) is 0 Å². The lowest BCUT2D eigenvalue weighted by atomic mass is 10.0. The number of nitrogens with one attached hydrogen (secondary N) is 2. The van der Waals surface area contributed by atoms with Gasteiger partial charge in [-0.05, 0) is 56.9 Å². The third kappa shape index (κ3) is 9.76. The molecule has 0 saturated carbocycles. The lowest BCUT2D eigenvalue weighted by Crippen LogP contribution is -2.53. The van der Waals surface area contributed by atoms with Gasteiger partial charge < -0.3 is 31.1 Å². The van der Waals surface area contributed by atoms with Crippen LogP contribution in [0.25, 0.3) is 0 Å². The zero-order valence-electron chi connectivity index (χ0n) is 22.4. The fourth-order valence-electron chi connectivity index (χ4n) is 3.81. The van der Waals surface area contributed by atoms with Gasteiger partial charge in [-0.15, -0.1) is 0 Å². The maximum Gasteiger partial charge on any atom is 0.408 e. The summed E-state index contributed by atoms with van der Waals surface area (Å²) in [6.07, 6.45) is -0.537. The van der Waals surface area contributed by atoms with Crippen LogP contribution < -0.4 is 16.4 Å². The average Bonchev–Trinajstić information content (AvgIpc) is 2.85. The number of rotatable bonds is 12. The van der Waals surface area contributed by atoms with Crippen LogP contribution in [0.3, 0.4) is 0 Å². The number of amides is 4. The summed E-state index contributed by atoms with van der Waals surface area (Å²) < 4.78 is 5.31. The SMILES string of the molecule is CCCN(C(=O)C(CCC(N)=O)NC(=O)OC(C)(C)C)C(C(=O)NCc1ccccc1)c1ccc(O)cc1. The molecule has 0 aliphatic heterocycles. The van der Waals surface area contributed by atoms with Crippen molar-refractivity contribution in [1.82, 2.24) is 15.5 Å². The molecule has 2 aromatic rings. The van der Waals surface area contributed by atoms with E-state index in [4.69, 9.17) is 10.5 Å². The number of hydrogen-bond acceptors (Lipinski definition) is 6. The zero-order valence-corrected chi connectivity index (χ0v) is 22.4. The van der Waals surface area contributed by atoms with Gasteiger partial charge in [0, 0.05) is 19.5 Å². The van der Waals surface area contributed by atoms with Crippen molar-refractivity contribution in [2.24, 2.45) is 5.73 Å². The Morgan fingerprint density at radius 1 is 1.03 bits per heavy atom. The summed E-state index contributed by atoms with van der Waals surface area (Å²) in [4.78, 5) is 52.9. The van der Waals surface area contributed by atoms with E-state index in [0.29, 0.717) is 12.0 Å². The van der Waals surface area contributed by atoms with Crippen LogP contribution >= 0.6 is 0 Å². The van der Waals surface area contributed by atoms with Crippen molar-refractivity contribution >= 4 is 23.8 Å². The van der Waals surface area contributed by atoms with Crippen LogP contribution in [0.5, 0.6) is 5.75 Å². The number of carbonyl (C=O) groups is 4. The molecule has 0 fully saturated rings. The van der Waals surface area contributed by atoms with Gasteiger partial charge in [-0.2, -0.15) is 0 Å². The van der Waals surface area contributed by atoms with Crippen molar-refractivity contribution in [2.75, 3.05) is 6.54 Å². The fourth-order valence-corrected chi connectivity index (χ4v) is 3.81. The smallest absolute Gasteiger partial charge is 0.408 e. The van der Waals surface area contributed by atoms with E-state index in [9.17, 15) is 24.3 Å². The van der Waals surface area contributed by atoms with Gasteiger partial charge >= 0.3 is 6.09 Å². The van der Waals surface area contributed by atoms with Crippen LogP contribution in [-0.4, -0.2) is 52.0 Å². The molecule has 2 rings (SSSR count). The van der Waals surface area contributed by atoms with E-state index in [0.717, 1.165) is 5.56 Å². The van der Waals surface area contributed by atoms with Crippen molar-refractivity contribution in [2.45, 2.75) is 71.2 Å². The lowest BCUT2D eigenvalue weighted by Gasteiger charge is -2.34. The highest BCUT2D eigenvalue weighted by molar-refractivity contribution is 5.92. The van der Waals surface area contributed by atoms with Crippen molar-refractivity contribution in [3.8, 4) is 5.75 Å². The second kappa shape index (κ2) is 14.0. The number of nitrogens with zero attached hydrogens (tertiary/aromatic N) is 1. The molecule has 206 valence electrons. The molecule has 0 aromatic heterocycles. The van der Waals surface area contributed by atoms with E-state index in [-0.39, 0.29) is 31.7 Å². The summed E-state index contributed by atoms with van der Waals surface area (Å²) in [6.45, 7) is 7.35. The molecule has 2 atom stereocenters. The average molecular weight is 527 g/mol. The van der Waals surface area contributed by atoms with Gasteiger partial charge in [-0.1, -0.05) is 49.4 Å². The van der Waals surface area contributed by atoms with E-state index in [1.807, 2.05) is 37.3 Å². The number of aromatic hydroxyl groups is 1. The molecule has 10 heteroatoms. The normalized spacial score (nSPS) is 12.6. The first kappa shape index (κ1) is 30.1. The van der Waals surface area contributed by atoms with Crippen molar-refractivity contribution in [3.63, 3.8) is 0 Å². The molecule has 38 heavy (non-hydrogen) atoms. The van der Waals surface area contributed by atoms with Gasteiger partial charge in [0.05, 0.1) is 0 Å². The topological polar surface area (TPSA) is 151 Å². The summed E-state index contributed by atoms with van der Waals surface area (Å²) in [7, 11) is 0. The number of carbonyl (C=O) groups excluding carboxylic acids is 4. The van der Waals surface area contributed by atoms with Gasteiger partial charge in [-0.3, -0.25) is 14.4 Å². The number of alkyl carbamates (subject to hydrolysis) is 1. The van der Waals surface area contributed by atoms with Gasteiger partial charge in [-0.25, -0.2) is 4.79 Å². The van der Waals surface area contributed by atoms with Crippen LogP contribution in [-0.2, 0) is 25.7 Å². The Hall–Kier alpha value is -4.08. The van der Waals surface area contributed by atoms with Crippen LogP contribution in [0.1, 0.15) is 64.1 Å². The van der Waals surface area contributed by atoms with E-state index in [2.05, 4.69) is 10.6 Å². The molecular formula is C28H38N4O6. The number of benzene rings is 2. The van der Waals surface area contributed by atoms with Crippen molar-refractivity contribution in [3.05, 3.63) is 65.7 Å². The first-order valence-corrected chi connectivity index (χ1v) is 12.6. The number of phenols is 1. The fraction of sp³-hybridized carbons (Fsp3) is 0.429. The molecule has 2 aromatic carbocycles. The molecule has 4 amide bonds. The number of ether oxygens (including phenoxy) is 1. The summed E-state index contributed by atoms with van der Waals surface area (Å²) in [5, 5.41) is 15.2. The summed E-state index contributed by atoms with van der Waals surface area (Å²) >= 11 is 0. The molecule has 0 bridgehead atoms. The third-order valence-electron chi connectivity index (χ3n) is 5.49. The Bertz CT molecular complexity index is 1080. The molecule has 0 aliphatic carbocycles. The van der Waals surface area contributed by atoms with Crippen molar-refractivity contribution in [1.29, 1.82) is 0 Å².